The Labute approximate surface area is 99.9 Å². The summed E-state index contributed by atoms with van der Waals surface area (Å²) in [7, 11) is 0. The molecule has 0 aromatic heterocycles. The molecular weight excluding hydrogens is 204 g/mol. The minimum atomic E-state index is 0.760. The van der Waals surface area contributed by atoms with Crippen molar-refractivity contribution in [2.45, 2.75) is 18.8 Å². The Bertz CT molecular complexity index is 732. The molecule has 5 rings (SSSR count). The van der Waals surface area contributed by atoms with Crippen molar-refractivity contribution in [1.29, 1.82) is 0 Å². The minimum absolute atomic E-state index is 0.760. The van der Waals surface area contributed by atoms with Crippen LogP contribution in [0.2, 0.25) is 0 Å². The zero-order valence-corrected chi connectivity index (χ0v) is 9.53. The van der Waals surface area contributed by atoms with Crippen LogP contribution in [0.1, 0.15) is 22.6 Å². The molecule has 0 spiro atoms. The molecule has 0 N–H and O–H groups in total. The molecule has 0 heteroatoms. The van der Waals surface area contributed by atoms with Gasteiger partial charge in [0.15, 0.2) is 0 Å². The van der Waals surface area contributed by atoms with Crippen molar-refractivity contribution in [2.75, 3.05) is 0 Å². The molecule has 0 fully saturated rings. The Morgan fingerprint density at radius 3 is 1.94 bits per heavy atom. The third-order valence-corrected chi connectivity index (χ3v) is 4.56. The van der Waals surface area contributed by atoms with E-state index in [2.05, 4.69) is 42.5 Å². The highest BCUT2D eigenvalue weighted by Gasteiger charge is 2.32. The molecule has 0 bridgehead atoms. The van der Waals surface area contributed by atoms with Crippen LogP contribution in [-0.4, -0.2) is 0 Å². The molecule has 17 heavy (non-hydrogen) atoms. The molecule has 0 saturated carbocycles. The minimum Gasteiger partial charge on any atom is -0.0614 e. The van der Waals surface area contributed by atoms with E-state index in [0.29, 0.717) is 0 Å². The molecule has 0 atom stereocenters. The summed E-state index contributed by atoms with van der Waals surface area (Å²) < 4.78 is 0. The maximum absolute atomic E-state index is 2.37. The second-order valence-electron chi connectivity index (χ2n) is 5.43. The summed E-state index contributed by atoms with van der Waals surface area (Å²) in [4.78, 5) is 0. The highest BCUT2D eigenvalue weighted by molar-refractivity contribution is 6.08. The number of hydrogen-bond acceptors (Lipinski definition) is 0. The summed E-state index contributed by atoms with van der Waals surface area (Å²) in [6.45, 7) is 0. The lowest BCUT2D eigenvalue weighted by atomic mass is 9.98. The topological polar surface area (TPSA) is 0 Å². The second kappa shape index (κ2) is 2.53. The Hall–Kier alpha value is -1.82. The van der Waals surface area contributed by atoms with Gasteiger partial charge in [-0.3, -0.25) is 0 Å². The van der Waals surface area contributed by atoms with E-state index in [1.807, 2.05) is 0 Å². The lowest BCUT2D eigenvalue weighted by Crippen LogP contribution is -1.93. The highest BCUT2D eigenvalue weighted by Crippen LogP contribution is 2.49. The van der Waals surface area contributed by atoms with Crippen LogP contribution in [0.25, 0.3) is 21.5 Å². The van der Waals surface area contributed by atoms with Crippen LogP contribution in [0.4, 0.5) is 0 Å². The fourth-order valence-corrected chi connectivity index (χ4v) is 3.99. The molecule has 0 aliphatic heterocycles. The first-order valence-corrected chi connectivity index (χ1v) is 6.38. The van der Waals surface area contributed by atoms with Gasteiger partial charge in [-0.2, -0.15) is 0 Å². The summed E-state index contributed by atoms with van der Waals surface area (Å²) in [5.41, 5.74) is 4.79. The van der Waals surface area contributed by atoms with E-state index in [1.54, 1.807) is 27.5 Å². The van der Waals surface area contributed by atoms with Gasteiger partial charge < -0.3 is 0 Å². The van der Waals surface area contributed by atoms with Crippen molar-refractivity contribution >= 4 is 21.5 Å². The molecule has 0 nitrogen and oxygen atoms in total. The number of hydrogen-bond donors (Lipinski definition) is 0. The fraction of sp³-hybridized carbons (Fsp3) is 0.176. The standard InChI is InChI=1S/C17H12/c1-3-10-7-11-4-2-6-13-9-14-8-12(5-1)15(10)17(14)16(11)13/h1-7,14H,8-9H2. The maximum Gasteiger partial charge on any atom is -0.00681 e. The van der Waals surface area contributed by atoms with Gasteiger partial charge in [0, 0.05) is 0 Å². The van der Waals surface area contributed by atoms with Crippen LogP contribution in [0.3, 0.4) is 0 Å². The highest BCUT2D eigenvalue weighted by atomic mass is 14.4. The molecule has 2 aliphatic rings. The van der Waals surface area contributed by atoms with Crippen LogP contribution in [0, 0.1) is 0 Å². The van der Waals surface area contributed by atoms with Crippen LogP contribution in [-0.2, 0) is 12.8 Å². The van der Waals surface area contributed by atoms with Crippen LogP contribution < -0.4 is 0 Å². The second-order valence-corrected chi connectivity index (χ2v) is 5.43. The Morgan fingerprint density at radius 2 is 1.35 bits per heavy atom. The molecule has 3 aromatic rings. The van der Waals surface area contributed by atoms with Gasteiger partial charge in [-0.1, -0.05) is 36.4 Å². The van der Waals surface area contributed by atoms with Gasteiger partial charge in [-0.25, -0.2) is 0 Å². The van der Waals surface area contributed by atoms with E-state index in [-0.39, 0.29) is 0 Å². The van der Waals surface area contributed by atoms with Crippen LogP contribution >= 0.6 is 0 Å². The molecule has 80 valence electrons. The first-order valence-electron chi connectivity index (χ1n) is 6.38. The Morgan fingerprint density at radius 1 is 0.765 bits per heavy atom. The molecular formula is C17H12. The van der Waals surface area contributed by atoms with Gasteiger partial charge in [-0.05, 0) is 63.1 Å². The molecule has 0 heterocycles. The van der Waals surface area contributed by atoms with Gasteiger partial charge in [-0.15, -0.1) is 0 Å². The first-order chi connectivity index (χ1) is 8.42. The van der Waals surface area contributed by atoms with Crippen molar-refractivity contribution in [3.8, 4) is 0 Å². The van der Waals surface area contributed by atoms with E-state index in [1.165, 1.54) is 23.6 Å². The lowest BCUT2D eigenvalue weighted by molar-refractivity contribution is 0.738. The van der Waals surface area contributed by atoms with E-state index in [9.17, 15) is 0 Å². The quantitative estimate of drug-likeness (QED) is 0.494. The largest absolute Gasteiger partial charge is 0.0614 e. The van der Waals surface area contributed by atoms with E-state index in [0.717, 1.165) is 5.92 Å². The molecule has 0 saturated heterocycles. The molecule has 0 amide bonds. The van der Waals surface area contributed by atoms with E-state index < -0.39 is 0 Å². The third kappa shape index (κ3) is 0.835. The van der Waals surface area contributed by atoms with E-state index >= 15 is 0 Å². The predicted octanol–water partition coefficient (Wildman–Crippen LogP) is 4.19. The van der Waals surface area contributed by atoms with Gasteiger partial charge in [0.1, 0.15) is 0 Å². The van der Waals surface area contributed by atoms with Gasteiger partial charge in [0.25, 0.3) is 0 Å². The first kappa shape index (κ1) is 8.30. The van der Waals surface area contributed by atoms with Gasteiger partial charge >= 0.3 is 0 Å². The number of rotatable bonds is 0. The summed E-state index contributed by atoms with van der Waals surface area (Å²) >= 11 is 0. The number of benzene rings is 3. The smallest absolute Gasteiger partial charge is 0.00681 e. The third-order valence-electron chi connectivity index (χ3n) is 4.56. The van der Waals surface area contributed by atoms with Gasteiger partial charge in [0.05, 0.1) is 0 Å². The van der Waals surface area contributed by atoms with E-state index in [4.69, 9.17) is 0 Å². The zero-order valence-electron chi connectivity index (χ0n) is 9.53. The van der Waals surface area contributed by atoms with Crippen molar-refractivity contribution < 1.29 is 0 Å². The fourth-order valence-electron chi connectivity index (χ4n) is 3.99. The predicted molar refractivity (Wildman–Crippen MR) is 71.6 cm³/mol. The summed E-state index contributed by atoms with van der Waals surface area (Å²) in [6, 6.07) is 15.9. The summed E-state index contributed by atoms with van der Waals surface area (Å²) in [5.74, 6) is 0.760. The van der Waals surface area contributed by atoms with Crippen molar-refractivity contribution in [2.24, 2.45) is 0 Å². The molecule has 0 radical (unpaired) electrons. The summed E-state index contributed by atoms with van der Waals surface area (Å²) in [6.07, 6.45) is 2.50. The van der Waals surface area contributed by atoms with Gasteiger partial charge in [0.2, 0.25) is 0 Å². The van der Waals surface area contributed by atoms with Crippen molar-refractivity contribution in [3.05, 3.63) is 59.2 Å². The van der Waals surface area contributed by atoms with Crippen LogP contribution in [0.15, 0.2) is 42.5 Å². The average Bonchev–Trinajstić information content (AvgIpc) is 2.86. The van der Waals surface area contributed by atoms with Crippen molar-refractivity contribution in [1.82, 2.24) is 0 Å². The summed E-state index contributed by atoms with van der Waals surface area (Å²) in [5, 5.41) is 6.00. The SMILES string of the molecule is c1cc2c3c4c5c(cccc5cc3c1)CC4C2. The zero-order chi connectivity index (χ0) is 11.0. The monoisotopic (exact) mass is 216 g/mol. The normalized spacial score (nSPS) is 16.7. The van der Waals surface area contributed by atoms with Crippen LogP contribution in [0.5, 0.6) is 0 Å². The molecule has 0 unspecified atom stereocenters. The van der Waals surface area contributed by atoms with Crippen molar-refractivity contribution in [3.63, 3.8) is 0 Å². The average molecular weight is 216 g/mol. The Balaban J connectivity index is 2.18. The lowest BCUT2D eigenvalue weighted by Gasteiger charge is -2.06. The Kier molecular flexibility index (Phi) is 1.24. The molecule has 2 aliphatic carbocycles. The maximum atomic E-state index is 2.37. The molecule has 3 aromatic carbocycles.